The number of hydrogen-bond donors (Lipinski definition) is 2. The van der Waals surface area contributed by atoms with Crippen molar-refractivity contribution in [1.82, 2.24) is 9.78 Å². The van der Waals surface area contributed by atoms with Gasteiger partial charge in [0.2, 0.25) is 5.60 Å². The number of hydrogen-bond acceptors (Lipinski definition) is 8. The zero-order valence-electron chi connectivity index (χ0n) is 21.9. The molecule has 0 bridgehead atoms. The van der Waals surface area contributed by atoms with Crippen LogP contribution >= 0.6 is 0 Å². The van der Waals surface area contributed by atoms with E-state index in [1.54, 1.807) is 6.92 Å². The van der Waals surface area contributed by atoms with Gasteiger partial charge < -0.3 is 19.3 Å². The molecule has 1 atom stereocenters. The van der Waals surface area contributed by atoms with Crippen molar-refractivity contribution in [3.63, 3.8) is 0 Å². The lowest BCUT2D eigenvalue weighted by Gasteiger charge is -2.35. The Balaban J connectivity index is 2.02. The van der Waals surface area contributed by atoms with Gasteiger partial charge in [0.1, 0.15) is 11.9 Å². The molecule has 0 aliphatic carbocycles. The molecule has 1 aliphatic heterocycles. The van der Waals surface area contributed by atoms with Crippen LogP contribution in [0.15, 0.2) is 29.3 Å². The van der Waals surface area contributed by atoms with E-state index in [2.05, 4.69) is 15.2 Å². The van der Waals surface area contributed by atoms with E-state index in [0.29, 0.717) is 13.8 Å². The van der Waals surface area contributed by atoms with Crippen molar-refractivity contribution in [3.8, 4) is 11.6 Å². The maximum atomic E-state index is 13.9. The molecule has 18 heteroatoms. The van der Waals surface area contributed by atoms with E-state index < -0.39 is 70.3 Å². The van der Waals surface area contributed by atoms with Gasteiger partial charge in [-0.2, -0.15) is 13.2 Å². The summed E-state index contributed by atoms with van der Waals surface area (Å²) >= 11 is 0. The molecule has 2 N–H and O–H groups in total. The van der Waals surface area contributed by atoms with Gasteiger partial charge in [-0.25, -0.2) is 22.0 Å². The van der Waals surface area contributed by atoms with Gasteiger partial charge in [-0.1, -0.05) is 0 Å². The molecule has 0 radical (unpaired) electrons. The maximum absolute atomic E-state index is 13.9. The van der Waals surface area contributed by atoms with Crippen LogP contribution in [0.25, 0.3) is 0 Å². The normalized spacial score (nSPS) is 15.7. The summed E-state index contributed by atoms with van der Waals surface area (Å²) < 4.78 is 110. The summed E-state index contributed by atoms with van der Waals surface area (Å²) in [6, 6.07) is 3.52. The highest BCUT2D eigenvalue weighted by Gasteiger charge is 2.51. The number of amides is 1. The van der Waals surface area contributed by atoms with Crippen LogP contribution in [0.3, 0.4) is 0 Å². The number of halogens is 5. The molecule has 1 amide bonds. The Kier molecular flexibility index (Phi) is 9.24. The SMILES string of the molecule is CCn1cc(S(=O)(=O)N2C[C@H](CCC(=O)O)Oc3ccc(NC(=O)OC(C)(C)C(F)(F)F)cc32)c(OCC(F)F)n1. The lowest BCUT2D eigenvalue weighted by atomic mass is 10.1. The van der Waals surface area contributed by atoms with Crippen molar-refractivity contribution in [2.45, 2.75) is 69.4 Å². The second kappa shape index (κ2) is 12.0. The van der Waals surface area contributed by atoms with E-state index in [9.17, 15) is 40.0 Å². The number of ether oxygens (including phenoxy) is 3. The highest BCUT2D eigenvalue weighted by molar-refractivity contribution is 7.93. The van der Waals surface area contributed by atoms with E-state index in [0.717, 1.165) is 21.3 Å². The van der Waals surface area contributed by atoms with Gasteiger partial charge in [0.15, 0.2) is 11.5 Å². The van der Waals surface area contributed by atoms with Gasteiger partial charge in [-0.3, -0.25) is 19.1 Å². The Bertz CT molecular complexity index is 1380. The lowest BCUT2D eigenvalue weighted by Crippen LogP contribution is -2.44. The molecule has 1 aromatic heterocycles. The minimum Gasteiger partial charge on any atom is -0.486 e. The summed E-state index contributed by atoms with van der Waals surface area (Å²) in [5.74, 6) is -1.84. The molecule has 1 aromatic carbocycles. The third-order valence-corrected chi connectivity index (χ3v) is 7.54. The summed E-state index contributed by atoms with van der Waals surface area (Å²) in [6.45, 7) is 1.47. The molecule has 2 aromatic rings. The van der Waals surface area contributed by atoms with Crippen LogP contribution in [0, 0.1) is 0 Å². The molecule has 0 fully saturated rings. The van der Waals surface area contributed by atoms with Crippen LogP contribution in [0.1, 0.15) is 33.6 Å². The van der Waals surface area contributed by atoms with E-state index in [4.69, 9.17) is 14.6 Å². The van der Waals surface area contributed by atoms with E-state index in [1.807, 2.05) is 0 Å². The van der Waals surface area contributed by atoms with Crippen molar-refractivity contribution < 1.29 is 59.3 Å². The number of benzene rings is 1. The van der Waals surface area contributed by atoms with Crippen molar-refractivity contribution in [1.29, 1.82) is 0 Å². The number of nitrogens with one attached hydrogen (secondary N) is 1. The number of carboxylic acid groups (broad SMARTS) is 1. The molecule has 0 saturated heterocycles. The monoisotopic (exact) mass is 614 g/mol. The predicted octanol–water partition coefficient (Wildman–Crippen LogP) is 4.26. The molecular weight excluding hydrogens is 587 g/mol. The quantitative estimate of drug-likeness (QED) is 0.354. The molecule has 41 heavy (non-hydrogen) atoms. The van der Waals surface area contributed by atoms with Gasteiger partial charge in [0.25, 0.3) is 22.3 Å². The number of nitrogens with zero attached hydrogens (tertiary/aromatic N) is 3. The smallest absolute Gasteiger partial charge is 0.427 e. The number of aryl methyl sites for hydroxylation is 1. The summed E-state index contributed by atoms with van der Waals surface area (Å²) in [5.41, 5.74) is -3.19. The number of anilines is 2. The molecule has 1 aliphatic rings. The number of aromatic nitrogens is 2. The van der Waals surface area contributed by atoms with E-state index >= 15 is 0 Å². The molecule has 0 spiro atoms. The highest BCUT2D eigenvalue weighted by Crippen LogP contribution is 2.41. The Morgan fingerprint density at radius 1 is 1.27 bits per heavy atom. The lowest BCUT2D eigenvalue weighted by molar-refractivity contribution is -0.242. The number of carbonyl (C=O) groups excluding carboxylic acids is 1. The van der Waals surface area contributed by atoms with Gasteiger partial charge in [0, 0.05) is 24.8 Å². The number of sulfonamides is 1. The molecular formula is C23H27F5N4O8S. The fourth-order valence-electron chi connectivity index (χ4n) is 3.57. The van der Waals surface area contributed by atoms with Gasteiger partial charge >= 0.3 is 18.2 Å². The zero-order valence-corrected chi connectivity index (χ0v) is 22.8. The fraction of sp³-hybridized carbons (Fsp3) is 0.522. The van der Waals surface area contributed by atoms with Crippen molar-refractivity contribution in [2.75, 3.05) is 22.8 Å². The third-order valence-electron chi connectivity index (χ3n) is 5.78. The average Bonchev–Trinajstić information content (AvgIpc) is 3.29. The number of fused-ring (bicyclic) bond motifs is 1. The van der Waals surface area contributed by atoms with Crippen LogP contribution in [0.2, 0.25) is 0 Å². The maximum Gasteiger partial charge on any atom is 0.427 e. The van der Waals surface area contributed by atoms with E-state index in [-0.39, 0.29) is 36.5 Å². The Hall–Kier alpha value is -3.83. The molecule has 228 valence electrons. The molecule has 12 nitrogen and oxygen atoms in total. The fourth-order valence-corrected chi connectivity index (χ4v) is 5.15. The Labute approximate surface area is 231 Å². The topological polar surface area (TPSA) is 149 Å². The third kappa shape index (κ3) is 7.47. The summed E-state index contributed by atoms with van der Waals surface area (Å²) in [6.07, 6.45) is -9.67. The summed E-state index contributed by atoms with van der Waals surface area (Å²) in [7, 11) is -4.65. The first kappa shape index (κ1) is 31.7. The van der Waals surface area contributed by atoms with Crippen LogP contribution < -0.4 is 19.1 Å². The standard InChI is InChI=1S/C23H27F5N4O8S/c1-4-31-11-17(20(30-31)38-12-18(24)25)41(36,37)32-10-14(6-8-19(33)34)39-16-7-5-13(9-15(16)32)29-21(35)40-22(2,3)23(26,27)28/h5,7,9,11,14,18H,4,6,8,10,12H2,1-3H3,(H,29,35)(H,33,34)/t14-/m0/s1. The average molecular weight is 615 g/mol. The van der Waals surface area contributed by atoms with Gasteiger partial charge in [-0.05, 0) is 45.4 Å². The van der Waals surface area contributed by atoms with Crippen molar-refractivity contribution in [2.24, 2.45) is 0 Å². The van der Waals surface area contributed by atoms with Crippen LogP contribution in [-0.2, 0) is 26.1 Å². The number of carboxylic acids is 1. The largest absolute Gasteiger partial charge is 0.486 e. The minimum atomic E-state index is -4.88. The van der Waals surface area contributed by atoms with Crippen molar-refractivity contribution >= 4 is 33.5 Å². The first-order chi connectivity index (χ1) is 18.9. The first-order valence-corrected chi connectivity index (χ1v) is 13.5. The second-order valence-electron chi connectivity index (χ2n) is 9.27. The Morgan fingerprint density at radius 2 is 1.95 bits per heavy atom. The highest BCUT2D eigenvalue weighted by atomic mass is 32.2. The zero-order chi connectivity index (χ0) is 30.8. The minimum absolute atomic E-state index is 0.0670. The summed E-state index contributed by atoms with van der Waals surface area (Å²) in [5, 5.41) is 15.1. The van der Waals surface area contributed by atoms with Crippen LogP contribution in [-0.4, -0.2) is 72.8 Å². The number of alkyl halides is 5. The number of rotatable bonds is 11. The molecule has 2 heterocycles. The van der Waals surface area contributed by atoms with E-state index in [1.165, 1.54) is 12.1 Å². The van der Waals surface area contributed by atoms with Crippen molar-refractivity contribution in [3.05, 3.63) is 24.4 Å². The molecule has 0 unspecified atom stereocenters. The van der Waals surface area contributed by atoms with Gasteiger partial charge in [0.05, 0.1) is 12.2 Å². The first-order valence-electron chi connectivity index (χ1n) is 12.0. The molecule has 0 saturated carbocycles. The summed E-state index contributed by atoms with van der Waals surface area (Å²) in [4.78, 5) is 22.7. The predicted molar refractivity (Wildman–Crippen MR) is 132 cm³/mol. The van der Waals surface area contributed by atoms with Crippen LogP contribution in [0.4, 0.5) is 38.1 Å². The number of carbonyl (C=O) groups is 2. The molecule has 3 rings (SSSR count). The van der Waals surface area contributed by atoms with Crippen LogP contribution in [0.5, 0.6) is 11.6 Å². The second-order valence-corrected chi connectivity index (χ2v) is 11.1. The number of aliphatic carboxylic acids is 1. The van der Waals surface area contributed by atoms with Gasteiger partial charge in [-0.15, -0.1) is 5.10 Å². The Morgan fingerprint density at radius 3 is 2.54 bits per heavy atom.